The van der Waals surface area contributed by atoms with E-state index in [-0.39, 0.29) is 11.8 Å². The van der Waals surface area contributed by atoms with Crippen molar-refractivity contribution in [1.29, 1.82) is 0 Å². The quantitative estimate of drug-likeness (QED) is 0.313. The molecule has 1 fully saturated rings. The van der Waals surface area contributed by atoms with Gasteiger partial charge in [-0.2, -0.15) is 4.98 Å². The van der Waals surface area contributed by atoms with Gasteiger partial charge in [-0.25, -0.2) is 15.0 Å². The molecule has 37 heavy (non-hydrogen) atoms. The van der Waals surface area contributed by atoms with Crippen LogP contribution in [0.1, 0.15) is 23.3 Å². The molecule has 0 radical (unpaired) electrons. The van der Waals surface area contributed by atoms with Crippen LogP contribution in [-0.2, 0) is 0 Å². The predicted octanol–water partition coefficient (Wildman–Crippen LogP) is 3.49. The lowest BCUT2D eigenvalue weighted by atomic mass is 9.88. The van der Waals surface area contributed by atoms with E-state index < -0.39 is 5.91 Å². The predicted molar refractivity (Wildman–Crippen MR) is 141 cm³/mol. The van der Waals surface area contributed by atoms with Crippen molar-refractivity contribution >= 4 is 40.0 Å². The number of benzene rings is 1. The van der Waals surface area contributed by atoms with Crippen molar-refractivity contribution in [2.75, 3.05) is 31.8 Å². The van der Waals surface area contributed by atoms with Crippen molar-refractivity contribution in [2.24, 2.45) is 5.73 Å². The largest absolute Gasteiger partial charge is 0.491 e. The first-order valence-corrected chi connectivity index (χ1v) is 11.8. The lowest BCUT2D eigenvalue weighted by molar-refractivity contribution is 0.0351. The van der Waals surface area contributed by atoms with Gasteiger partial charge in [-0.05, 0) is 32.3 Å². The molecule has 3 aromatic heterocycles. The van der Waals surface area contributed by atoms with Gasteiger partial charge >= 0.3 is 0 Å². The number of nitrogens with two attached hydrogens (primary N) is 1. The topological polar surface area (TPSA) is 140 Å². The molecule has 1 amide bonds. The standard InChI is InChI=1S/C26H28N8O3/c1-34(2)17-12-18(13-17)37-25-21(36-3)11-16(14-29-25)30-26-28-9-8-22(33-26)31-20-10-15-6-4-5-7-19(15)32-23(20)24(27)35/h4-11,14,17-18H,12-13H2,1-3H3,(H2,27,35)(H2,28,30,31,33). The number of primary amides is 1. The zero-order valence-corrected chi connectivity index (χ0v) is 20.8. The Morgan fingerprint density at radius 2 is 1.89 bits per heavy atom. The number of para-hydroxylation sites is 1. The second kappa shape index (κ2) is 10.2. The first kappa shape index (κ1) is 24.2. The lowest BCUT2D eigenvalue weighted by Gasteiger charge is -2.39. The van der Waals surface area contributed by atoms with Crippen LogP contribution in [-0.4, -0.2) is 64.1 Å². The number of nitrogens with one attached hydrogen (secondary N) is 2. The number of ether oxygens (including phenoxy) is 2. The summed E-state index contributed by atoms with van der Waals surface area (Å²) in [7, 11) is 5.72. The van der Waals surface area contributed by atoms with Crippen LogP contribution in [0, 0.1) is 0 Å². The molecule has 5 rings (SSSR count). The summed E-state index contributed by atoms with van der Waals surface area (Å²) in [4.78, 5) is 31.8. The molecule has 0 bridgehead atoms. The fourth-order valence-electron chi connectivity index (χ4n) is 4.10. The van der Waals surface area contributed by atoms with Crippen molar-refractivity contribution in [1.82, 2.24) is 24.8 Å². The highest BCUT2D eigenvalue weighted by atomic mass is 16.5. The van der Waals surface area contributed by atoms with E-state index in [1.54, 1.807) is 31.6 Å². The molecule has 4 aromatic rings. The van der Waals surface area contributed by atoms with Crippen LogP contribution in [0.4, 0.5) is 23.1 Å². The monoisotopic (exact) mass is 500 g/mol. The van der Waals surface area contributed by atoms with Gasteiger partial charge in [0.1, 0.15) is 11.9 Å². The summed E-state index contributed by atoms with van der Waals surface area (Å²) in [5, 5.41) is 7.12. The number of hydrogen-bond donors (Lipinski definition) is 3. The third-order valence-corrected chi connectivity index (χ3v) is 6.25. The fourth-order valence-corrected chi connectivity index (χ4v) is 4.10. The first-order valence-electron chi connectivity index (χ1n) is 11.8. The Morgan fingerprint density at radius 3 is 2.65 bits per heavy atom. The molecule has 3 heterocycles. The maximum absolute atomic E-state index is 12.0. The molecule has 0 atom stereocenters. The molecule has 190 valence electrons. The van der Waals surface area contributed by atoms with Gasteiger partial charge in [0.05, 0.1) is 30.2 Å². The summed E-state index contributed by atoms with van der Waals surface area (Å²) in [5.74, 6) is 1.11. The third-order valence-electron chi connectivity index (χ3n) is 6.25. The number of methoxy groups -OCH3 is 1. The summed E-state index contributed by atoms with van der Waals surface area (Å²) in [6.45, 7) is 0. The normalized spacial score (nSPS) is 16.8. The Labute approximate surface area is 214 Å². The van der Waals surface area contributed by atoms with Crippen molar-refractivity contribution in [3.8, 4) is 11.6 Å². The lowest BCUT2D eigenvalue weighted by Crippen LogP contribution is -2.46. The molecule has 11 nitrogen and oxygen atoms in total. The van der Waals surface area contributed by atoms with E-state index in [0.29, 0.717) is 46.3 Å². The number of anilines is 4. The molecular weight excluding hydrogens is 472 g/mol. The van der Waals surface area contributed by atoms with Crippen molar-refractivity contribution in [2.45, 2.75) is 25.0 Å². The van der Waals surface area contributed by atoms with Crippen molar-refractivity contribution < 1.29 is 14.3 Å². The second-order valence-electron chi connectivity index (χ2n) is 9.02. The minimum atomic E-state index is -0.639. The van der Waals surface area contributed by atoms with Gasteiger partial charge in [0, 0.05) is 36.5 Å². The summed E-state index contributed by atoms with van der Waals surface area (Å²) in [5.41, 5.74) is 7.46. The number of nitrogens with zero attached hydrogens (tertiary/aromatic N) is 5. The average Bonchev–Trinajstić information content (AvgIpc) is 2.86. The van der Waals surface area contributed by atoms with Gasteiger partial charge in [-0.1, -0.05) is 18.2 Å². The number of carbonyl (C=O) groups is 1. The van der Waals surface area contributed by atoms with Crippen molar-refractivity contribution in [3.05, 3.63) is 60.6 Å². The molecular formula is C26H28N8O3. The number of aromatic nitrogens is 4. The Balaban J connectivity index is 1.31. The van der Waals surface area contributed by atoms with E-state index >= 15 is 0 Å². The van der Waals surface area contributed by atoms with E-state index in [1.165, 1.54) is 0 Å². The summed E-state index contributed by atoms with van der Waals surface area (Å²) in [6, 6.07) is 13.3. The smallest absolute Gasteiger partial charge is 0.269 e. The summed E-state index contributed by atoms with van der Waals surface area (Å²) in [6.07, 6.45) is 5.26. The van der Waals surface area contributed by atoms with E-state index in [1.807, 2.05) is 30.3 Å². The maximum atomic E-state index is 12.0. The van der Waals surface area contributed by atoms with Gasteiger partial charge < -0.3 is 30.7 Å². The summed E-state index contributed by atoms with van der Waals surface area (Å²) < 4.78 is 11.5. The number of amides is 1. The number of carbonyl (C=O) groups excluding carboxylic acids is 1. The molecule has 1 saturated carbocycles. The highest BCUT2D eigenvalue weighted by Gasteiger charge is 2.33. The minimum absolute atomic E-state index is 0.119. The second-order valence-corrected chi connectivity index (χ2v) is 9.02. The van der Waals surface area contributed by atoms with Crippen LogP contribution in [0.15, 0.2) is 54.9 Å². The van der Waals surface area contributed by atoms with Gasteiger partial charge in [0.2, 0.25) is 5.95 Å². The highest BCUT2D eigenvalue weighted by molar-refractivity contribution is 6.00. The minimum Gasteiger partial charge on any atom is -0.491 e. The van der Waals surface area contributed by atoms with Gasteiger partial charge in [-0.15, -0.1) is 0 Å². The van der Waals surface area contributed by atoms with Gasteiger partial charge in [-0.3, -0.25) is 4.79 Å². The molecule has 0 saturated heterocycles. The van der Waals surface area contributed by atoms with Crippen LogP contribution in [0.2, 0.25) is 0 Å². The maximum Gasteiger partial charge on any atom is 0.269 e. The SMILES string of the molecule is COc1cc(Nc2nccc(Nc3cc4ccccc4nc3C(N)=O)n2)cnc1OC1CC(N(C)C)C1. The van der Waals surface area contributed by atoms with Gasteiger partial charge in [0.25, 0.3) is 11.8 Å². The number of rotatable bonds is 9. The fraction of sp³-hybridized carbons (Fsp3) is 0.269. The zero-order chi connectivity index (χ0) is 25.9. The van der Waals surface area contributed by atoms with E-state index in [2.05, 4.69) is 49.6 Å². The molecule has 1 aliphatic carbocycles. The number of fused-ring (bicyclic) bond motifs is 1. The zero-order valence-electron chi connectivity index (χ0n) is 20.8. The molecule has 0 unspecified atom stereocenters. The van der Waals surface area contributed by atoms with Crippen LogP contribution in [0.25, 0.3) is 10.9 Å². The Morgan fingerprint density at radius 1 is 1.08 bits per heavy atom. The average molecular weight is 501 g/mol. The molecule has 0 spiro atoms. The molecule has 1 aromatic carbocycles. The third kappa shape index (κ3) is 5.36. The van der Waals surface area contributed by atoms with E-state index in [9.17, 15) is 4.79 Å². The first-order chi connectivity index (χ1) is 17.9. The summed E-state index contributed by atoms with van der Waals surface area (Å²) >= 11 is 0. The van der Waals surface area contributed by atoms with Crippen LogP contribution in [0.3, 0.4) is 0 Å². The Bertz CT molecular complexity index is 1440. The molecule has 4 N–H and O–H groups in total. The van der Waals surface area contributed by atoms with Crippen LogP contribution in [0.5, 0.6) is 11.6 Å². The van der Waals surface area contributed by atoms with E-state index in [4.69, 9.17) is 15.2 Å². The highest BCUT2D eigenvalue weighted by Crippen LogP contribution is 2.34. The molecule has 11 heteroatoms. The number of hydrogen-bond acceptors (Lipinski definition) is 10. The van der Waals surface area contributed by atoms with Crippen LogP contribution < -0.4 is 25.8 Å². The molecule has 1 aliphatic rings. The van der Waals surface area contributed by atoms with Crippen LogP contribution >= 0.6 is 0 Å². The van der Waals surface area contributed by atoms with Gasteiger partial charge in [0.15, 0.2) is 11.4 Å². The Hall–Kier alpha value is -4.51. The Kier molecular flexibility index (Phi) is 6.69. The molecule has 0 aliphatic heterocycles. The number of pyridine rings is 2. The van der Waals surface area contributed by atoms with Crippen molar-refractivity contribution in [3.63, 3.8) is 0 Å². The van der Waals surface area contributed by atoms with E-state index in [0.717, 1.165) is 18.2 Å².